The number of benzene rings is 1. The number of hydrogen-bond donors (Lipinski definition) is 1. The van der Waals surface area contributed by atoms with E-state index in [0.717, 1.165) is 21.3 Å². The largest absolute Gasteiger partial charge is 0.377 e. The molecule has 1 N–H and O–H groups in total. The topological polar surface area (TPSA) is 47.0 Å². The minimum atomic E-state index is 0.428. The molecule has 0 aliphatic rings. The van der Waals surface area contributed by atoms with Gasteiger partial charge in [0, 0.05) is 23.6 Å². The second-order valence-electron chi connectivity index (χ2n) is 3.38. The van der Waals surface area contributed by atoms with E-state index in [9.17, 15) is 0 Å². The Kier molecular flexibility index (Phi) is 4.30. The molecule has 90 valence electrons. The molecule has 0 atom stereocenters. The molecular weight excluding hydrogens is 258 g/mol. The van der Waals surface area contributed by atoms with Crippen molar-refractivity contribution in [2.45, 2.75) is 13.2 Å². The highest BCUT2D eigenvalue weighted by Gasteiger charge is 2.06. The summed E-state index contributed by atoms with van der Waals surface area (Å²) < 4.78 is 9.43. The Balaban J connectivity index is 1.90. The molecule has 0 radical (unpaired) electrons. The molecule has 6 heteroatoms. The van der Waals surface area contributed by atoms with Gasteiger partial charge in [-0.15, -0.1) is 5.10 Å². The van der Waals surface area contributed by atoms with Crippen LogP contribution in [-0.2, 0) is 18.0 Å². The van der Waals surface area contributed by atoms with Crippen molar-refractivity contribution >= 4 is 28.1 Å². The van der Waals surface area contributed by atoms with Gasteiger partial charge in [0.1, 0.15) is 10.7 Å². The molecule has 0 fully saturated rings. The molecule has 0 aliphatic carbocycles. The van der Waals surface area contributed by atoms with Crippen molar-refractivity contribution in [3.63, 3.8) is 0 Å². The van der Waals surface area contributed by atoms with Gasteiger partial charge < -0.3 is 10.1 Å². The monoisotopic (exact) mass is 269 g/mol. The summed E-state index contributed by atoms with van der Waals surface area (Å²) in [4.78, 5) is 0. The van der Waals surface area contributed by atoms with Gasteiger partial charge in [0.05, 0.1) is 13.2 Å². The van der Waals surface area contributed by atoms with Crippen LogP contribution in [0, 0.1) is 0 Å². The number of hydrogen-bond acceptors (Lipinski definition) is 5. The van der Waals surface area contributed by atoms with Gasteiger partial charge in [-0.1, -0.05) is 34.3 Å². The summed E-state index contributed by atoms with van der Waals surface area (Å²) in [5.41, 5.74) is 1.80. The third-order valence-electron chi connectivity index (χ3n) is 2.24. The van der Waals surface area contributed by atoms with Crippen LogP contribution in [-0.4, -0.2) is 16.6 Å². The number of halogens is 1. The Bertz CT molecular complexity index is 489. The van der Waals surface area contributed by atoms with Crippen molar-refractivity contribution in [1.82, 2.24) is 9.59 Å². The maximum Gasteiger partial charge on any atom is 0.135 e. The van der Waals surface area contributed by atoms with E-state index in [-0.39, 0.29) is 0 Å². The predicted molar refractivity (Wildman–Crippen MR) is 69.4 cm³/mol. The smallest absolute Gasteiger partial charge is 0.135 e. The fourth-order valence-corrected chi connectivity index (χ4v) is 2.07. The average molecular weight is 270 g/mol. The van der Waals surface area contributed by atoms with Gasteiger partial charge in [-0.2, -0.15) is 0 Å². The lowest BCUT2D eigenvalue weighted by atomic mass is 10.2. The van der Waals surface area contributed by atoms with Crippen molar-refractivity contribution in [2.24, 2.45) is 0 Å². The van der Waals surface area contributed by atoms with Gasteiger partial charge in [-0.3, -0.25) is 0 Å². The van der Waals surface area contributed by atoms with Crippen LogP contribution in [0.1, 0.15) is 11.3 Å². The van der Waals surface area contributed by atoms with Crippen molar-refractivity contribution in [2.75, 3.05) is 12.4 Å². The summed E-state index contributed by atoms with van der Waals surface area (Å²) >= 11 is 7.35. The van der Waals surface area contributed by atoms with Crippen molar-refractivity contribution in [1.29, 1.82) is 0 Å². The van der Waals surface area contributed by atoms with E-state index in [4.69, 9.17) is 16.3 Å². The Hall–Kier alpha value is -1.17. The van der Waals surface area contributed by atoms with Crippen LogP contribution >= 0.6 is 23.1 Å². The Morgan fingerprint density at radius 1 is 1.35 bits per heavy atom. The minimum absolute atomic E-state index is 0.428. The number of nitrogens with one attached hydrogen (secondary N) is 1. The minimum Gasteiger partial charge on any atom is -0.377 e. The molecule has 1 aromatic carbocycles. The lowest BCUT2D eigenvalue weighted by Crippen LogP contribution is -1.98. The van der Waals surface area contributed by atoms with Crippen LogP contribution in [0.2, 0.25) is 5.02 Å². The zero-order chi connectivity index (χ0) is 12.1. The molecule has 4 nitrogen and oxygen atoms in total. The number of aromatic nitrogens is 2. The van der Waals surface area contributed by atoms with Crippen molar-refractivity contribution < 1.29 is 4.74 Å². The van der Waals surface area contributed by atoms with Crippen LogP contribution in [0.3, 0.4) is 0 Å². The summed E-state index contributed by atoms with van der Waals surface area (Å²) in [5.74, 6) is 0. The SMILES string of the molecule is CNc1snnc1COCc1ccccc1Cl. The molecule has 2 aromatic rings. The maximum absolute atomic E-state index is 6.03. The number of nitrogens with zero attached hydrogens (tertiary/aromatic N) is 2. The zero-order valence-electron chi connectivity index (χ0n) is 9.31. The van der Waals surface area contributed by atoms with Gasteiger partial charge in [-0.25, -0.2) is 0 Å². The summed E-state index contributed by atoms with van der Waals surface area (Å²) in [6.07, 6.45) is 0. The van der Waals surface area contributed by atoms with Gasteiger partial charge in [0.2, 0.25) is 0 Å². The summed E-state index contributed by atoms with van der Waals surface area (Å²) in [5, 5.41) is 8.67. The lowest BCUT2D eigenvalue weighted by Gasteiger charge is -2.05. The highest BCUT2D eigenvalue weighted by Crippen LogP contribution is 2.19. The van der Waals surface area contributed by atoms with Gasteiger partial charge >= 0.3 is 0 Å². The maximum atomic E-state index is 6.03. The molecule has 2 rings (SSSR count). The highest BCUT2D eigenvalue weighted by molar-refractivity contribution is 7.10. The summed E-state index contributed by atoms with van der Waals surface area (Å²) in [6, 6.07) is 7.63. The number of anilines is 1. The predicted octanol–water partition coefficient (Wildman–Crippen LogP) is 2.95. The van der Waals surface area contributed by atoms with Crippen LogP contribution in [0.15, 0.2) is 24.3 Å². The van der Waals surface area contributed by atoms with Crippen molar-refractivity contribution in [3.8, 4) is 0 Å². The third kappa shape index (κ3) is 3.15. The normalized spacial score (nSPS) is 10.5. The van der Waals surface area contributed by atoms with E-state index in [1.165, 1.54) is 11.5 Å². The van der Waals surface area contributed by atoms with Crippen LogP contribution in [0.5, 0.6) is 0 Å². The molecule has 0 unspecified atom stereocenters. The quantitative estimate of drug-likeness (QED) is 0.907. The first-order chi connectivity index (χ1) is 8.31. The first kappa shape index (κ1) is 12.3. The molecule has 0 amide bonds. The van der Waals surface area contributed by atoms with E-state index in [0.29, 0.717) is 13.2 Å². The molecule has 0 aliphatic heterocycles. The zero-order valence-corrected chi connectivity index (χ0v) is 10.9. The van der Waals surface area contributed by atoms with Gasteiger partial charge in [-0.05, 0) is 11.6 Å². The molecule has 0 spiro atoms. The van der Waals surface area contributed by atoms with E-state index in [2.05, 4.69) is 14.9 Å². The van der Waals surface area contributed by atoms with E-state index in [1.807, 2.05) is 31.3 Å². The first-order valence-electron chi connectivity index (χ1n) is 5.11. The third-order valence-corrected chi connectivity index (χ3v) is 3.39. The Morgan fingerprint density at radius 2 is 2.18 bits per heavy atom. The van der Waals surface area contributed by atoms with Crippen LogP contribution in [0.25, 0.3) is 0 Å². The lowest BCUT2D eigenvalue weighted by molar-refractivity contribution is 0.105. The van der Waals surface area contributed by atoms with Crippen molar-refractivity contribution in [3.05, 3.63) is 40.5 Å². The second kappa shape index (κ2) is 5.95. The molecule has 17 heavy (non-hydrogen) atoms. The molecular formula is C11H12ClN3OS. The molecule has 1 heterocycles. The summed E-state index contributed by atoms with van der Waals surface area (Å²) in [6.45, 7) is 0.901. The van der Waals surface area contributed by atoms with Crippen LogP contribution in [0.4, 0.5) is 5.00 Å². The molecule has 0 saturated heterocycles. The number of rotatable bonds is 5. The molecule has 0 bridgehead atoms. The fourth-order valence-electron chi connectivity index (χ4n) is 1.37. The standard InChI is InChI=1S/C11H12ClN3OS/c1-13-11-10(14-15-17-11)7-16-6-8-4-2-3-5-9(8)12/h2-5,13H,6-7H2,1H3. The second-order valence-corrected chi connectivity index (χ2v) is 4.54. The number of ether oxygens (including phenoxy) is 1. The van der Waals surface area contributed by atoms with E-state index < -0.39 is 0 Å². The molecule has 0 saturated carbocycles. The average Bonchev–Trinajstić information content (AvgIpc) is 2.79. The fraction of sp³-hybridized carbons (Fsp3) is 0.273. The Morgan fingerprint density at radius 3 is 2.94 bits per heavy atom. The van der Waals surface area contributed by atoms with E-state index in [1.54, 1.807) is 0 Å². The highest BCUT2D eigenvalue weighted by atomic mass is 35.5. The summed E-state index contributed by atoms with van der Waals surface area (Å²) in [7, 11) is 1.84. The molecule has 1 aromatic heterocycles. The van der Waals surface area contributed by atoms with E-state index >= 15 is 0 Å². The van der Waals surface area contributed by atoms with Crippen LogP contribution < -0.4 is 5.32 Å². The van der Waals surface area contributed by atoms with Gasteiger partial charge in [0.25, 0.3) is 0 Å². The van der Waals surface area contributed by atoms with Gasteiger partial charge in [0.15, 0.2) is 0 Å². The Labute approximate surface area is 109 Å². The first-order valence-corrected chi connectivity index (χ1v) is 6.26.